The second-order valence-corrected chi connectivity index (χ2v) is 4.88. The van der Waals surface area contributed by atoms with Gasteiger partial charge in [0.2, 0.25) is 0 Å². The van der Waals surface area contributed by atoms with Crippen LogP contribution in [0, 0.1) is 0 Å². The molecule has 84 valence electrons. The minimum Gasteiger partial charge on any atom is -0.385 e. The molecule has 0 heterocycles. The van der Waals surface area contributed by atoms with Crippen molar-refractivity contribution in [3.8, 4) is 0 Å². The van der Waals surface area contributed by atoms with Gasteiger partial charge in [-0.2, -0.15) is 11.8 Å². The molecule has 0 fully saturated rings. The average molecular weight is 223 g/mol. The molecule has 1 rings (SSSR count). The van der Waals surface area contributed by atoms with Gasteiger partial charge in [0.25, 0.3) is 0 Å². The van der Waals surface area contributed by atoms with Crippen molar-refractivity contribution in [2.75, 3.05) is 23.4 Å². The lowest BCUT2D eigenvalue weighted by Crippen LogP contribution is -2.04. The molecule has 15 heavy (non-hydrogen) atoms. The summed E-state index contributed by atoms with van der Waals surface area (Å²) in [6.07, 6.45) is 2.35. The van der Waals surface area contributed by atoms with Crippen molar-refractivity contribution < 1.29 is 0 Å². The predicted molar refractivity (Wildman–Crippen MR) is 71.9 cm³/mol. The van der Waals surface area contributed by atoms with Gasteiger partial charge < -0.3 is 5.32 Å². The summed E-state index contributed by atoms with van der Waals surface area (Å²) in [5, 5.41) is 3.51. The Balaban J connectivity index is 2.30. The molecule has 1 nitrogen and oxygen atoms in total. The van der Waals surface area contributed by atoms with E-state index in [1.54, 1.807) is 0 Å². The molecule has 0 saturated carbocycles. The number of benzene rings is 1. The fraction of sp³-hybridized carbons (Fsp3) is 0.538. The van der Waals surface area contributed by atoms with E-state index in [-0.39, 0.29) is 0 Å². The standard InChI is InChI=1S/C13H21NS/c1-3-12-8-5-6-9-13(12)14-10-7-11-15-4-2/h5-6,8-9,14H,3-4,7,10-11H2,1-2H3. The fourth-order valence-electron chi connectivity index (χ4n) is 1.54. The SMILES string of the molecule is CCSCCCNc1ccccc1CC. The maximum absolute atomic E-state index is 3.51. The largest absolute Gasteiger partial charge is 0.385 e. The highest BCUT2D eigenvalue weighted by molar-refractivity contribution is 7.99. The topological polar surface area (TPSA) is 12.0 Å². The molecule has 0 amide bonds. The Morgan fingerprint density at radius 3 is 2.73 bits per heavy atom. The van der Waals surface area contributed by atoms with Gasteiger partial charge in [0.05, 0.1) is 0 Å². The molecular weight excluding hydrogens is 202 g/mol. The van der Waals surface area contributed by atoms with Crippen molar-refractivity contribution in [1.29, 1.82) is 0 Å². The minimum absolute atomic E-state index is 1.09. The average Bonchev–Trinajstić information content (AvgIpc) is 2.29. The van der Waals surface area contributed by atoms with E-state index >= 15 is 0 Å². The lowest BCUT2D eigenvalue weighted by atomic mass is 10.1. The highest BCUT2D eigenvalue weighted by atomic mass is 32.2. The van der Waals surface area contributed by atoms with Gasteiger partial charge in [-0.25, -0.2) is 0 Å². The summed E-state index contributed by atoms with van der Waals surface area (Å²) in [5.74, 6) is 2.49. The first-order valence-corrected chi connectivity index (χ1v) is 6.93. The zero-order valence-corrected chi connectivity index (χ0v) is 10.6. The first-order valence-electron chi connectivity index (χ1n) is 5.78. The number of anilines is 1. The van der Waals surface area contributed by atoms with Gasteiger partial charge >= 0.3 is 0 Å². The maximum Gasteiger partial charge on any atom is 0.0372 e. The summed E-state index contributed by atoms with van der Waals surface area (Å²) in [6, 6.07) is 8.58. The monoisotopic (exact) mass is 223 g/mol. The van der Waals surface area contributed by atoms with Crippen LogP contribution in [0.4, 0.5) is 5.69 Å². The molecule has 1 N–H and O–H groups in total. The fourth-order valence-corrected chi connectivity index (χ4v) is 2.18. The minimum atomic E-state index is 1.09. The normalized spacial score (nSPS) is 10.3. The van der Waals surface area contributed by atoms with Gasteiger partial charge in [0.15, 0.2) is 0 Å². The van der Waals surface area contributed by atoms with Crippen LogP contribution in [0.3, 0.4) is 0 Å². The van der Waals surface area contributed by atoms with Crippen LogP contribution in [-0.4, -0.2) is 18.1 Å². The maximum atomic E-state index is 3.51. The van der Waals surface area contributed by atoms with E-state index in [4.69, 9.17) is 0 Å². The van der Waals surface area contributed by atoms with Crippen LogP contribution in [-0.2, 0) is 6.42 Å². The van der Waals surface area contributed by atoms with Gasteiger partial charge in [-0.15, -0.1) is 0 Å². The number of hydrogen-bond acceptors (Lipinski definition) is 2. The quantitative estimate of drug-likeness (QED) is 0.706. The zero-order chi connectivity index (χ0) is 10.9. The molecule has 1 aromatic carbocycles. The second kappa shape index (κ2) is 7.63. The van der Waals surface area contributed by atoms with Crippen LogP contribution in [0.5, 0.6) is 0 Å². The van der Waals surface area contributed by atoms with E-state index in [1.807, 2.05) is 11.8 Å². The first-order chi connectivity index (χ1) is 7.38. The van der Waals surface area contributed by atoms with Crippen LogP contribution in [0.25, 0.3) is 0 Å². The van der Waals surface area contributed by atoms with Crippen molar-refractivity contribution in [2.45, 2.75) is 26.7 Å². The Labute approximate surface area is 97.7 Å². The number of para-hydroxylation sites is 1. The molecule has 0 aromatic heterocycles. The molecule has 0 saturated heterocycles. The van der Waals surface area contributed by atoms with Crippen LogP contribution >= 0.6 is 11.8 Å². The highest BCUT2D eigenvalue weighted by Crippen LogP contribution is 2.15. The Morgan fingerprint density at radius 2 is 2.00 bits per heavy atom. The van der Waals surface area contributed by atoms with Crippen molar-refractivity contribution in [1.82, 2.24) is 0 Å². The Hall–Kier alpha value is -0.630. The molecule has 0 aliphatic heterocycles. The van der Waals surface area contributed by atoms with Crippen LogP contribution in [0.2, 0.25) is 0 Å². The lowest BCUT2D eigenvalue weighted by molar-refractivity contribution is 0.983. The number of thioether (sulfide) groups is 1. The number of rotatable bonds is 7. The molecule has 2 heteroatoms. The summed E-state index contributed by atoms with van der Waals surface area (Å²) >= 11 is 2.01. The molecule has 0 unspecified atom stereocenters. The number of nitrogens with one attached hydrogen (secondary N) is 1. The third-order valence-electron chi connectivity index (χ3n) is 2.38. The van der Waals surface area contributed by atoms with E-state index in [2.05, 4.69) is 43.4 Å². The van der Waals surface area contributed by atoms with E-state index in [0.29, 0.717) is 0 Å². The third kappa shape index (κ3) is 4.61. The molecule has 0 spiro atoms. The van der Waals surface area contributed by atoms with Gasteiger partial charge in [0.1, 0.15) is 0 Å². The Kier molecular flexibility index (Phi) is 6.33. The zero-order valence-electron chi connectivity index (χ0n) is 9.75. The number of aryl methyl sites for hydroxylation is 1. The predicted octanol–water partition coefficient (Wildman–Crippen LogP) is 3.80. The summed E-state index contributed by atoms with van der Waals surface area (Å²) < 4.78 is 0. The molecular formula is C13H21NS. The van der Waals surface area contributed by atoms with Gasteiger partial charge in [-0.1, -0.05) is 32.0 Å². The van der Waals surface area contributed by atoms with Crippen LogP contribution in [0.1, 0.15) is 25.8 Å². The first kappa shape index (κ1) is 12.4. The summed E-state index contributed by atoms with van der Waals surface area (Å²) in [6.45, 7) is 5.50. The molecule has 0 radical (unpaired) electrons. The highest BCUT2D eigenvalue weighted by Gasteiger charge is 1.97. The lowest BCUT2D eigenvalue weighted by Gasteiger charge is -2.10. The van der Waals surface area contributed by atoms with Crippen LogP contribution in [0.15, 0.2) is 24.3 Å². The Bertz CT molecular complexity index is 273. The van der Waals surface area contributed by atoms with E-state index in [1.165, 1.54) is 29.2 Å². The van der Waals surface area contributed by atoms with E-state index in [9.17, 15) is 0 Å². The van der Waals surface area contributed by atoms with E-state index in [0.717, 1.165) is 13.0 Å². The van der Waals surface area contributed by atoms with Crippen molar-refractivity contribution in [2.24, 2.45) is 0 Å². The number of hydrogen-bond donors (Lipinski definition) is 1. The van der Waals surface area contributed by atoms with Gasteiger partial charge in [-0.3, -0.25) is 0 Å². The van der Waals surface area contributed by atoms with Crippen LogP contribution < -0.4 is 5.32 Å². The molecule has 0 aliphatic rings. The van der Waals surface area contributed by atoms with E-state index < -0.39 is 0 Å². The van der Waals surface area contributed by atoms with Crippen molar-refractivity contribution >= 4 is 17.4 Å². The molecule has 0 aliphatic carbocycles. The van der Waals surface area contributed by atoms with Gasteiger partial charge in [0, 0.05) is 12.2 Å². The summed E-state index contributed by atoms with van der Waals surface area (Å²) in [4.78, 5) is 0. The second-order valence-electron chi connectivity index (χ2n) is 3.49. The van der Waals surface area contributed by atoms with Crippen molar-refractivity contribution in [3.05, 3.63) is 29.8 Å². The van der Waals surface area contributed by atoms with Gasteiger partial charge in [-0.05, 0) is 36.0 Å². The third-order valence-corrected chi connectivity index (χ3v) is 3.37. The van der Waals surface area contributed by atoms with Crippen molar-refractivity contribution in [3.63, 3.8) is 0 Å². The molecule has 0 atom stereocenters. The summed E-state index contributed by atoms with van der Waals surface area (Å²) in [7, 11) is 0. The Morgan fingerprint density at radius 1 is 1.20 bits per heavy atom. The molecule has 0 bridgehead atoms. The summed E-state index contributed by atoms with van der Waals surface area (Å²) in [5.41, 5.74) is 2.72. The molecule has 1 aromatic rings. The smallest absolute Gasteiger partial charge is 0.0372 e.